The van der Waals surface area contributed by atoms with Crippen molar-refractivity contribution < 1.29 is 4.79 Å². The summed E-state index contributed by atoms with van der Waals surface area (Å²) in [5.41, 5.74) is 0.0542. The highest BCUT2D eigenvalue weighted by Gasteiger charge is 2.36. The highest BCUT2D eigenvalue weighted by Crippen LogP contribution is 2.34. The minimum Gasteiger partial charge on any atom is -0.333 e. The van der Waals surface area contributed by atoms with Gasteiger partial charge in [0.2, 0.25) is 0 Å². The van der Waals surface area contributed by atoms with E-state index in [-0.39, 0.29) is 11.6 Å². The first-order valence-electron chi connectivity index (χ1n) is 4.72. The van der Waals surface area contributed by atoms with E-state index in [4.69, 9.17) is 6.42 Å². The molecular weight excluding hydrogens is 164 g/mol. The summed E-state index contributed by atoms with van der Waals surface area (Å²) in [6, 6.07) is -0.139. The average Bonchev–Trinajstić information content (AvgIpc) is 2.08. The molecule has 0 aromatic heterocycles. The molecule has 0 saturated heterocycles. The highest BCUT2D eigenvalue weighted by molar-refractivity contribution is 5.75. The molecule has 0 aliphatic heterocycles. The van der Waals surface area contributed by atoms with Crippen molar-refractivity contribution in [2.24, 2.45) is 0 Å². The van der Waals surface area contributed by atoms with E-state index in [9.17, 15) is 4.79 Å². The molecule has 0 bridgehead atoms. The summed E-state index contributed by atoms with van der Waals surface area (Å²) in [7, 11) is 0. The molecule has 13 heavy (non-hydrogen) atoms. The van der Waals surface area contributed by atoms with Crippen LogP contribution in [0.25, 0.3) is 0 Å². The van der Waals surface area contributed by atoms with Crippen molar-refractivity contribution in [1.29, 1.82) is 0 Å². The first-order valence-corrected chi connectivity index (χ1v) is 4.72. The molecule has 1 aliphatic carbocycles. The van der Waals surface area contributed by atoms with Crippen LogP contribution < -0.4 is 10.6 Å². The van der Waals surface area contributed by atoms with Gasteiger partial charge >= 0.3 is 6.03 Å². The van der Waals surface area contributed by atoms with Crippen LogP contribution in [0.1, 0.15) is 32.6 Å². The van der Waals surface area contributed by atoms with Gasteiger partial charge in [-0.3, -0.25) is 0 Å². The van der Waals surface area contributed by atoms with Crippen molar-refractivity contribution in [3.05, 3.63) is 0 Å². The molecule has 0 aromatic carbocycles. The predicted molar refractivity (Wildman–Crippen MR) is 52.2 cm³/mol. The number of hydrogen-bond acceptors (Lipinski definition) is 1. The van der Waals surface area contributed by atoms with Crippen LogP contribution in [-0.2, 0) is 0 Å². The van der Waals surface area contributed by atoms with E-state index in [1.165, 1.54) is 6.42 Å². The van der Waals surface area contributed by atoms with Crippen LogP contribution in [0.2, 0.25) is 0 Å². The summed E-state index contributed by atoms with van der Waals surface area (Å²) in [4.78, 5) is 11.3. The zero-order chi connectivity index (χ0) is 9.73. The van der Waals surface area contributed by atoms with Gasteiger partial charge in [-0.2, -0.15) is 0 Å². The molecule has 2 N–H and O–H groups in total. The third kappa shape index (κ3) is 2.38. The summed E-state index contributed by atoms with van der Waals surface area (Å²) in [6.45, 7) is 2.40. The fourth-order valence-electron chi connectivity index (χ4n) is 1.59. The van der Waals surface area contributed by atoms with Gasteiger partial charge < -0.3 is 10.6 Å². The number of terminal acetylenes is 1. The molecule has 72 valence electrons. The Morgan fingerprint density at radius 1 is 1.62 bits per heavy atom. The summed E-state index contributed by atoms with van der Waals surface area (Å²) in [5.74, 6) is 2.37. The zero-order valence-corrected chi connectivity index (χ0v) is 8.02. The summed E-state index contributed by atoms with van der Waals surface area (Å²) in [5, 5.41) is 5.57. The Morgan fingerprint density at radius 2 is 2.31 bits per heavy atom. The van der Waals surface area contributed by atoms with Crippen molar-refractivity contribution in [3.8, 4) is 12.3 Å². The number of carbonyl (C=O) groups is 1. The number of rotatable bonds is 3. The average molecular weight is 180 g/mol. The minimum absolute atomic E-state index is 0.0542. The normalized spacial score (nSPS) is 18.2. The van der Waals surface area contributed by atoms with Crippen molar-refractivity contribution >= 4 is 6.03 Å². The van der Waals surface area contributed by atoms with E-state index in [1.807, 2.05) is 0 Å². The second-order valence-electron chi connectivity index (χ2n) is 3.50. The van der Waals surface area contributed by atoms with Crippen LogP contribution in [0.3, 0.4) is 0 Å². The van der Waals surface area contributed by atoms with Crippen molar-refractivity contribution in [2.75, 3.05) is 6.54 Å². The molecule has 0 radical (unpaired) electrons. The lowest BCUT2D eigenvalue weighted by Crippen LogP contribution is -2.55. The fourth-order valence-corrected chi connectivity index (χ4v) is 1.59. The van der Waals surface area contributed by atoms with Gasteiger partial charge in [-0.15, -0.1) is 6.42 Å². The number of amides is 2. The lowest BCUT2D eigenvalue weighted by molar-refractivity contribution is 0.173. The number of nitrogens with one attached hydrogen (secondary N) is 2. The Labute approximate surface area is 79.3 Å². The standard InChI is InChI=1S/C10H16N2O/c1-3-8-11-9(13)12-10(4-2)6-5-7-10/h1H,4-8H2,2H3,(H2,11,12,13). The maximum atomic E-state index is 11.3. The fraction of sp³-hybridized carbons (Fsp3) is 0.700. The van der Waals surface area contributed by atoms with Crippen LogP contribution in [0.5, 0.6) is 0 Å². The van der Waals surface area contributed by atoms with Gasteiger partial charge in [0.05, 0.1) is 6.54 Å². The van der Waals surface area contributed by atoms with Gasteiger partial charge in [0, 0.05) is 5.54 Å². The third-order valence-corrected chi connectivity index (χ3v) is 2.72. The Balaban J connectivity index is 2.30. The van der Waals surface area contributed by atoms with Crippen LogP contribution in [0.15, 0.2) is 0 Å². The monoisotopic (exact) mass is 180 g/mol. The van der Waals surface area contributed by atoms with Crippen LogP contribution in [-0.4, -0.2) is 18.1 Å². The molecular formula is C10H16N2O. The van der Waals surface area contributed by atoms with Gasteiger partial charge in [0.1, 0.15) is 0 Å². The molecule has 0 spiro atoms. The van der Waals surface area contributed by atoms with Gasteiger partial charge in [0.15, 0.2) is 0 Å². The second kappa shape index (κ2) is 4.18. The largest absolute Gasteiger partial charge is 0.333 e. The SMILES string of the molecule is C#CCNC(=O)NC1(CC)CCC1. The minimum atomic E-state index is -0.139. The molecule has 0 heterocycles. The summed E-state index contributed by atoms with van der Waals surface area (Å²) < 4.78 is 0. The molecule has 1 saturated carbocycles. The highest BCUT2D eigenvalue weighted by atomic mass is 16.2. The Kier molecular flexibility index (Phi) is 3.18. The van der Waals surface area contributed by atoms with Crippen molar-refractivity contribution in [2.45, 2.75) is 38.1 Å². The van der Waals surface area contributed by atoms with Gasteiger partial charge in [-0.05, 0) is 25.7 Å². The molecule has 1 rings (SSSR count). The number of carbonyl (C=O) groups excluding carboxylic acids is 1. The third-order valence-electron chi connectivity index (χ3n) is 2.72. The first kappa shape index (κ1) is 9.91. The molecule has 0 aromatic rings. The summed E-state index contributed by atoms with van der Waals surface area (Å²) in [6.07, 6.45) is 9.42. The topological polar surface area (TPSA) is 41.1 Å². The maximum absolute atomic E-state index is 11.3. The van der Waals surface area contributed by atoms with Gasteiger partial charge in [-0.25, -0.2) is 4.79 Å². The Morgan fingerprint density at radius 3 is 2.69 bits per heavy atom. The quantitative estimate of drug-likeness (QED) is 0.631. The Hall–Kier alpha value is -1.17. The predicted octanol–water partition coefficient (Wildman–Crippen LogP) is 1.25. The molecule has 1 fully saturated rings. The van der Waals surface area contributed by atoms with E-state index >= 15 is 0 Å². The molecule has 3 heteroatoms. The van der Waals surface area contributed by atoms with Crippen LogP contribution in [0.4, 0.5) is 4.79 Å². The number of hydrogen-bond donors (Lipinski definition) is 2. The lowest BCUT2D eigenvalue weighted by Gasteiger charge is -2.41. The molecule has 0 atom stereocenters. The van der Waals surface area contributed by atoms with Crippen molar-refractivity contribution in [1.82, 2.24) is 10.6 Å². The van der Waals surface area contributed by atoms with E-state index in [1.54, 1.807) is 0 Å². The zero-order valence-electron chi connectivity index (χ0n) is 8.02. The van der Waals surface area contributed by atoms with E-state index in [0.717, 1.165) is 19.3 Å². The van der Waals surface area contributed by atoms with Crippen molar-refractivity contribution in [3.63, 3.8) is 0 Å². The lowest BCUT2D eigenvalue weighted by atomic mass is 9.75. The second-order valence-corrected chi connectivity index (χ2v) is 3.50. The molecule has 3 nitrogen and oxygen atoms in total. The van der Waals surface area contributed by atoms with Crippen LogP contribution in [0, 0.1) is 12.3 Å². The molecule has 1 aliphatic rings. The molecule has 2 amide bonds. The smallest absolute Gasteiger partial charge is 0.315 e. The first-order chi connectivity index (χ1) is 6.22. The van der Waals surface area contributed by atoms with E-state index in [2.05, 4.69) is 23.5 Å². The van der Waals surface area contributed by atoms with E-state index in [0.29, 0.717) is 6.54 Å². The van der Waals surface area contributed by atoms with E-state index < -0.39 is 0 Å². The van der Waals surface area contributed by atoms with Crippen LogP contribution >= 0.6 is 0 Å². The maximum Gasteiger partial charge on any atom is 0.315 e. The number of urea groups is 1. The van der Waals surface area contributed by atoms with Gasteiger partial charge in [-0.1, -0.05) is 12.8 Å². The summed E-state index contributed by atoms with van der Waals surface area (Å²) >= 11 is 0. The molecule has 0 unspecified atom stereocenters. The van der Waals surface area contributed by atoms with Gasteiger partial charge in [0.25, 0.3) is 0 Å². The Bertz CT molecular complexity index is 220.